The van der Waals surface area contributed by atoms with E-state index in [-0.39, 0.29) is 6.61 Å². The highest BCUT2D eigenvalue weighted by molar-refractivity contribution is 7.30. The molecule has 0 saturated heterocycles. The van der Waals surface area contributed by atoms with Gasteiger partial charge in [-0.25, -0.2) is 0 Å². The van der Waals surface area contributed by atoms with Crippen molar-refractivity contribution in [3.8, 4) is 0 Å². The van der Waals surface area contributed by atoms with Gasteiger partial charge in [0.05, 0.1) is 34.8 Å². The molecule has 4 nitrogen and oxygen atoms in total. The minimum absolute atomic E-state index is 0.235. The highest BCUT2D eigenvalue weighted by atomic mass is 31.1. The molecule has 0 aromatic carbocycles. The summed E-state index contributed by atoms with van der Waals surface area (Å²) in [6, 6.07) is 0. The van der Waals surface area contributed by atoms with Gasteiger partial charge in [0.2, 0.25) is 0 Å². The fourth-order valence-corrected chi connectivity index (χ4v) is 0.316. The number of nitrogens with zero attached hydrogens (tertiary/aromatic N) is 1. The van der Waals surface area contributed by atoms with Crippen LogP contribution in [0.15, 0.2) is 0 Å². The summed E-state index contributed by atoms with van der Waals surface area (Å²) in [7, 11) is 5.90. The predicted octanol–water partition coefficient (Wildman–Crippen LogP) is 0.363. The van der Waals surface area contributed by atoms with Crippen molar-refractivity contribution in [2.24, 2.45) is 0 Å². The monoisotopic (exact) mass is 182 g/mol. The van der Waals surface area contributed by atoms with Crippen LogP contribution in [0, 0.1) is 0 Å². The average Bonchev–Trinajstić information content (AvgIpc) is 1.58. The van der Waals surface area contributed by atoms with E-state index in [2.05, 4.69) is 32.7 Å². The molecule has 11 heavy (non-hydrogen) atoms. The van der Waals surface area contributed by atoms with Gasteiger partial charge in [-0.1, -0.05) is 0 Å². The fourth-order valence-electron chi connectivity index (χ4n) is 0.105. The maximum Gasteiger partial charge on any atom is 0.488 e. The Labute approximate surface area is 69.3 Å². The molecule has 0 aliphatic carbocycles. The standard InChI is InChI=1S/C4H12N.C2H5O3P/c1-5(2,3)4;1-2-5-6(3)4/h1-4H3;2H2,1H3/q+1;. The van der Waals surface area contributed by atoms with Crippen LogP contribution in [0.3, 0.4) is 0 Å². The van der Waals surface area contributed by atoms with Gasteiger partial charge in [-0.05, 0) is 11.5 Å². The van der Waals surface area contributed by atoms with Crippen molar-refractivity contribution in [1.82, 2.24) is 0 Å². The van der Waals surface area contributed by atoms with Crippen LogP contribution >= 0.6 is 8.25 Å². The Hall–Kier alpha value is -0.0200. The summed E-state index contributed by atoms with van der Waals surface area (Å²) in [6.45, 7) is 1.85. The molecule has 0 saturated carbocycles. The van der Waals surface area contributed by atoms with Gasteiger partial charge < -0.3 is 9.38 Å². The minimum Gasteiger partial charge on any atom is -0.566 e. The maximum absolute atomic E-state index is 9.41. The molecule has 0 heterocycles. The molecule has 0 aromatic rings. The molecular weight excluding hydrogens is 165 g/mol. The second-order valence-electron chi connectivity index (χ2n) is 3.32. The predicted molar refractivity (Wildman–Crippen MR) is 43.2 cm³/mol. The topological polar surface area (TPSA) is 49.4 Å². The van der Waals surface area contributed by atoms with Crippen molar-refractivity contribution in [1.29, 1.82) is 0 Å². The lowest BCUT2D eigenvalue weighted by molar-refractivity contribution is -0.849. The van der Waals surface area contributed by atoms with Gasteiger partial charge in [-0.2, -0.15) is 0 Å². The Balaban J connectivity index is 0. The molecule has 1 atom stereocenters. The van der Waals surface area contributed by atoms with Gasteiger partial charge in [0, 0.05) is 0 Å². The van der Waals surface area contributed by atoms with E-state index >= 15 is 0 Å². The van der Waals surface area contributed by atoms with Gasteiger partial charge in [0.1, 0.15) is 0 Å². The summed E-state index contributed by atoms with van der Waals surface area (Å²) < 4.78 is 14.4. The second-order valence-corrected chi connectivity index (χ2v) is 4.03. The van der Waals surface area contributed by atoms with Crippen LogP contribution in [0.2, 0.25) is 0 Å². The summed E-state index contributed by atoms with van der Waals surface area (Å²) in [5.41, 5.74) is 0. The summed E-state index contributed by atoms with van der Waals surface area (Å²) >= 11 is 0. The minimum atomic E-state index is -2.60. The lowest BCUT2D eigenvalue weighted by Gasteiger charge is -2.14. The third-order valence-corrected chi connectivity index (χ3v) is 0.704. The first-order valence-corrected chi connectivity index (χ1v) is 4.43. The molecule has 0 aliphatic heterocycles. The molecular formula is C6H17NO3P+. The van der Waals surface area contributed by atoms with Crippen molar-refractivity contribution in [2.75, 3.05) is 34.8 Å². The van der Waals surface area contributed by atoms with Crippen LogP contribution in [-0.2, 0) is 9.09 Å². The maximum atomic E-state index is 9.41. The molecule has 0 spiro atoms. The molecule has 1 unspecified atom stereocenters. The first-order valence-electron chi connectivity index (χ1n) is 3.33. The Kier molecular flexibility index (Phi) is 8.23. The quantitative estimate of drug-likeness (QED) is 0.457. The Morgan fingerprint density at radius 2 is 1.64 bits per heavy atom. The second kappa shape index (κ2) is 6.68. The Morgan fingerprint density at radius 3 is 1.64 bits per heavy atom. The molecule has 5 heteroatoms. The number of rotatable bonds is 2. The lowest BCUT2D eigenvalue weighted by Crippen LogP contribution is -2.27. The molecule has 0 aliphatic rings. The van der Waals surface area contributed by atoms with E-state index in [1.165, 1.54) is 0 Å². The molecule has 0 rings (SSSR count). The van der Waals surface area contributed by atoms with Crippen LogP contribution in [0.5, 0.6) is 0 Å². The van der Waals surface area contributed by atoms with Crippen LogP contribution in [-0.4, -0.2) is 39.3 Å². The largest absolute Gasteiger partial charge is 0.566 e. The van der Waals surface area contributed by atoms with E-state index in [4.69, 9.17) is 0 Å². The van der Waals surface area contributed by atoms with Crippen molar-refractivity contribution in [3.63, 3.8) is 0 Å². The smallest absolute Gasteiger partial charge is 0.488 e. The first kappa shape index (κ1) is 13.6. The molecule has 0 fully saturated rings. The Bertz CT molecular complexity index is 105. The first-order chi connectivity index (χ1) is 4.77. The zero-order chi connectivity index (χ0) is 9.49. The summed E-state index contributed by atoms with van der Waals surface area (Å²) in [4.78, 5) is 9.41. The SMILES string of the molecule is CCO[P+](=O)[O-].C[N+](C)(C)C. The van der Waals surface area contributed by atoms with Gasteiger partial charge in [0.25, 0.3) is 0 Å². The van der Waals surface area contributed by atoms with Crippen LogP contribution in [0.4, 0.5) is 0 Å². The highest BCUT2D eigenvalue weighted by Crippen LogP contribution is 2.05. The number of hydrogen-bond donors (Lipinski definition) is 0. The zero-order valence-electron chi connectivity index (χ0n) is 7.83. The third kappa shape index (κ3) is 71.6. The normalized spacial score (nSPS) is 11.6. The van der Waals surface area contributed by atoms with Crippen molar-refractivity contribution in [3.05, 3.63) is 0 Å². The van der Waals surface area contributed by atoms with Gasteiger partial charge >= 0.3 is 8.25 Å². The van der Waals surface area contributed by atoms with Gasteiger partial charge in [-0.3, -0.25) is 0 Å². The van der Waals surface area contributed by atoms with Crippen molar-refractivity contribution in [2.45, 2.75) is 6.92 Å². The number of hydrogen-bond acceptors (Lipinski definition) is 3. The van der Waals surface area contributed by atoms with E-state index in [0.717, 1.165) is 4.48 Å². The van der Waals surface area contributed by atoms with Crippen LogP contribution in [0.1, 0.15) is 6.92 Å². The van der Waals surface area contributed by atoms with Gasteiger partial charge in [-0.15, -0.1) is 4.52 Å². The fraction of sp³-hybridized carbons (Fsp3) is 1.00. The zero-order valence-corrected chi connectivity index (χ0v) is 8.72. The van der Waals surface area contributed by atoms with E-state index in [9.17, 15) is 9.46 Å². The van der Waals surface area contributed by atoms with E-state index in [1.54, 1.807) is 6.92 Å². The highest BCUT2D eigenvalue weighted by Gasteiger charge is 1.92. The Morgan fingerprint density at radius 1 is 1.36 bits per heavy atom. The third-order valence-electron chi connectivity index (χ3n) is 0.235. The van der Waals surface area contributed by atoms with Crippen LogP contribution < -0.4 is 4.89 Å². The molecule has 0 amide bonds. The molecule has 0 bridgehead atoms. The van der Waals surface area contributed by atoms with Gasteiger partial charge in [0.15, 0.2) is 0 Å². The lowest BCUT2D eigenvalue weighted by atomic mass is 10.8. The van der Waals surface area contributed by atoms with Crippen molar-refractivity contribution >= 4 is 8.25 Å². The van der Waals surface area contributed by atoms with Crippen molar-refractivity contribution < 1.29 is 18.5 Å². The summed E-state index contributed by atoms with van der Waals surface area (Å²) in [6.07, 6.45) is 0. The average molecular weight is 182 g/mol. The number of quaternary nitrogens is 1. The molecule has 0 radical (unpaired) electrons. The van der Waals surface area contributed by atoms with Crippen LogP contribution in [0.25, 0.3) is 0 Å². The summed E-state index contributed by atoms with van der Waals surface area (Å²) in [5, 5.41) is 0. The summed E-state index contributed by atoms with van der Waals surface area (Å²) in [5.74, 6) is 0. The molecule has 68 valence electrons. The van der Waals surface area contributed by atoms with E-state index in [1.807, 2.05) is 0 Å². The van der Waals surface area contributed by atoms with E-state index in [0.29, 0.717) is 0 Å². The molecule has 0 N–H and O–H groups in total. The van der Waals surface area contributed by atoms with E-state index < -0.39 is 8.25 Å². The molecule has 0 aromatic heterocycles.